The Morgan fingerprint density at radius 2 is 1.35 bits per heavy atom. The molecule has 0 amide bonds. The van der Waals surface area contributed by atoms with Crippen LogP contribution in [0.15, 0.2) is 0 Å². The van der Waals surface area contributed by atoms with E-state index in [0.717, 1.165) is 6.54 Å². The molecule has 0 spiro atoms. The van der Waals surface area contributed by atoms with Crippen LogP contribution in [0.25, 0.3) is 0 Å². The highest BCUT2D eigenvalue weighted by Gasteiger charge is 2.15. The molecule has 0 aromatic heterocycles. The van der Waals surface area contributed by atoms with E-state index < -0.39 is 0 Å². The normalized spacial score (nSPS) is 13.2. The third-order valence-electron chi connectivity index (χ3n) is 3.53. The van der Waals surface area contributed by atoms with E-state index in [4.69, 9.17) is 5.73 Å². The van der Waals surface area contributed by atoms with Crippen molar-refractivity contribution < 1.29 is 0 Å². The molecule has 0 rings (SSSR count). The highest BCUT2D eigenvalue weighted by atomic mass is 15.2. The van der Waals surface area contributed by atoms with Gasteiger partial charge >= 0.3 is 0 Å². The van der Waals surface area contributed by atoms with Gasteiger partial charge in [0, 0.05) is 12.6 Å². The van der Waals surface area contributed by atoms with Gasteiger partial charge in [-0.15, -0.1) is 0 Å². The van der Waals surface area contributed by atoms with Crippen LogP contribution in [0.2, 0.25) is 0 Å². The van der Waals surface area contributed by atoms with Crippen molar-refractivity contribution in [1.82, 2.24) is 4.90 Å². The fraction of sp³-hybridized carbons (Fsp3) is 1.00. The van der Waals surface area contributed by atoms with E-state index >= 15 is 0 Å². The summed E-state index contributed by atoms with van der Waals surface area (Å²) in [6.07, 6.45) is 10.5. The van der Waals surface area contributed by atoms with E-state index in [0.29, 0.717) is 6.04 Å². The summed E-state index contributed by atoms with van der Waals surface area (Å²) in [5.41, 5.74) is 5.96. The Kier molecular flexibility index (Phi) is 12.3. The number of hydrogen-bond acceptors (Lipinski definition) is 2. The van der Waals surface area contributed by atoms with Gasteiger partial charge in [-0.05, 0) is 32.4 Å². The SMILES string of the molecule is CCCCCC(CN)N(CCCC)CCCC. The lowest BCUT2D eigenvalue weighted by Gasteiger charge is -2.31. The Balaban J connectivity index is 4.06. The van der Waals surface area contributed by atoms with Gasteiger partial charge in [-0.2, -0.15) is 0 Å². The van der Waals surface area contributed by atoms with Gasteiger partial charge in [-0.3, -0.25) is 4.90 Å². The van der Waals surface area contributed by atoms with Crippen molar-refractivity contribution >= 4 is 0 Å². The zero-order valence-electron chi connectivity index (χ0n) is 12.4. The molecule has 0 aromatic carbocycles. The zero-order chi connectivity index (χ0) is 12.9. The molecule has 0 aliphatic rings. The third kappa shape index (κ3) is 8.62. The van der Waals surface area contributed by atoms with Crippen molar-refractivity contribution in [2.45, 2.75) is 78.2 Å². The summed E-state index contributed by atoms with van der Waals surface area (Å²) >= 11 is 0. The summed E-state index contributed by atoms with van der Waals surface area (Å²) in [4.78, 5) is 2.64. The molecule has 2 nitrogen and oxygen atoms in total. The lowest BCUT2D eigenvalue weighted by molar-refractivity contribution is 0.182. The van der Waals surface area contributed by atoms with Crippen LogP contribution in [0.3, 0.4) is 0 Å². The number of unbranched alkanes of at least 4 members (excludes halogenated alkanes) is 4. The Bertz CT molecular complexity index is 140. The van der Waals surface area contributed by atoms with Crippen LogP contribution in [0.1, 0.15) is 72.1 Å². The van der Waals surface area contributed by atoms with E-state index in [9.17, 15) is 0 Å². The maximum absolute atomic E-state index is 5.96. The van der Waals surface area contributed by atoms with Crippen LogP contribution >= 0.6 is 0 Å². The second kappa shape index (κ2) is 12.4. The van der Waals surface area contributed by atoms with Gasteiger partial charge in [0.15, 0.2) is 0 Å². The van der Waals surface area contributed by atoms with E-state index in [1.807, 2.05) is 0 Å². The van der Waals surface area contributed by atoms with Crippen LogP contribution in [-0.2, 0) is 0 Å². The van der Waals surface area contributed by atoms with Crippen molar-refractivity contribution in [2.75, 3.05) is 19.6 Å². The molecule has 1 unspecified atom stereocenters. The van der Waals surface area contributed by atoms with E-state index in [1.165, 1.54) is 64.5 Å². The van der Waals surface area contributed by atoms with Crippen LogP contribution in [0.5, 0.6) is 0 Å². The fourth-order valence-corrected chi connectivity index (χ4v) is 2.28. The number of rotatable bonds is 12. The maximum Gasteiger partial charge on any atom is 0.0218 e. The van der Waals surface area contributed by atoms with Crippen molar-refractivity contribution in [3.05, 3.63) is 0 Å². The molecule has 104 valence electrons. The lowest BCUT2D eigenvalue weighted by atomic mass is 10.1. The number of hydrogen-bond donors (Lipinski definition) is 1. The molecule has 17 heavy (non-hydrogen) atoms. The van der Waals surface area contributed by atoms with Crippen molar-refractivity contribution in [3.8, 4) is 0 Å². The molecule has 0 bridgehead atoms. The molecule has 0 saturated heterocycles. The molecular weight excluding hydrogens is 208 g/mol. The summed E-state index contributed by atoms with van der Waals surface area (Å²) in [5, 5.41) is 0. The predicted octanol–water partition coefficient (Wildman–Crippen LogP) is 3.80. The first-order valence-corrected chi connectivity index (χ1v) is 7.74. The summed E-state index contributed by atoms with van der Waals surface area (Å²) < 4.78 is 0. The minimum absolute atomic E-state index is 0.625. The molecule has 2 heteroatoms. The van der Waals surface area contributed by atoms with Gasteiger partial charge in [0.05, 0.1) is 0 Å². The van der Waals surface area contributed by atoms with Gasteiger partial charge in [-0.25, -0.2) is 0 Å². The molecule has 0 fully saturated rings. The fourth-order valence-electron chi connectivity index (χ4n) is 2.28. The average Bonchev–Trinajstić information content (AvgIpc) is 2.36. The summed E-state index contributed by atoms with van der Waals surface area (Å²) in [5.74, 6) is 0. The summed E-state index contributed by atoms with van der Waals surface area (Å²) in [6, 6.07) is 0.625. The molecule has 0 heterocycles. The molecule has 0 aliphatic carbocycles. The Morgan fingerprint density at radius 3 is 1.76 bits per heavy atom. The quantitative estimate of drug-likeness (QED) is 0.528. The van der Waals surface area contributed by atoms with Gasteiger partial charge in [0.25, 0.3) is 0 Å². The molecular formula is C15H34N2. The average molecular weight is 242 g/mol. The standard InChI is InChI=1S/C15H34N2/c1-4-7-10-11-15(14-16)17(12-8-5-2)13-9-6-3/h15H,4-14,16H2,1-3H3. The molecule has 1 atom stereocenters. The first kappa shape index (κ1) is 16.9. The predicted molar refractivity (Wildman–Crippen MR) is 78.4 cm³/mol. The van der Waals surface area contributed by atoms with E-state index in [2.05, 4.69) is 25.7 Å². The smallest absolute Gasteiger partial charge is 0.0218 e. The summed E-state index contributed by atoms with van der Waals surface area (Å²) in [6.45, 7) is 10.1. The third-order valence-corrected chi connectivity index (χ3v) is 3.53. The highest BCUT2D eigenvalue weighted by molar-refractivity contribution is 4.72. The first-order chi connectivity index (χ1) is 8.29. The number of nitrogens with zero attached hydrogens (tertiary/aromatic N) is 1. The van der Waals surface area contributed by atoms with Crippen molar-refractivity contribution in [2.24, 2.45) is 5.73 Å². The topological polar surface area (TPSA) is 29.3 Å². The van der Waals surface area contributed by atoms with Gasteiger partial charge in [0.1, 0.15) is 0 Å². The second-order valence-electron chi connectivity index (χ2n) is 5.13. The minimum atomic E-state index is 0.625. The molecule has 0 radical (unpaired) electrons. The Labute approximate surface area is 109 Å². The maximum atomic E-state index is 5.96. The van der Waals surface area contributed by atoms with E-state index in [-0.39, 0.29) is 0 Å². The van der Waals surface area contributed by atoms with Crippen LogP contribution < -0.4 is 5.73 Å². The monoisotopic (exact) mass is 242 g/mol. The Morgan fingerprint density at radius 1 is 0.824 bits per heavy atom. The van der Waals surface area contributed by atoms with Crippen molar-refractivity contribution in [3.63, 3.8) is 0 Å². The van der Waals surface area contributed by atoms with Crippen LogP contribution in [-0.4, -0.2) is 30.6 Å². The highest BCUT2D eigenvalue weighted by Crippen LogP contribution is 2.11. The van der Waals surface area contributed by atoms with Gasteiger partial charge in [0.2, 0.25) is 0 Å². The van der Waals surface area contributed by atoms with Gasteiger partial charge < -0.3 is 5.73 Å². The first-order valence-electron chi connectivity index (χ1n) is 7.74. The van der Waals surface area contributed by atoms with Crippen molar-refractivity contribution in [1.29, 1.82) is 0 Å². The number of nitrogens with two attached hydrogens (primary N) is 1. The zero-order valence-corrected chi connectivity index (χ0v) is 12.4. The van der Waals surface area contributed by atoms with Crippen LogP contribution in [0, 0.1) is 0 Å². The van der Waals surface area contributed by atoms with E-state index in [1.54, 1.807) is 0 Å². The largest absolute Gasteiger partial charge is 0.329 e. The lowest BCUT2D eigenvalue weighted by Crippen LogP contribution is -2.41. The minimum Gasteiger partial charge on any atom is -0.329 e. The summed E-state index contributed by atoms with van der Waals surface area (Å²) in [7, 11) is 0. The molecule has 2 N–H and O–H groups in total. The van der Waals surface area contributed by atoms with Gasteiger partial charge in [-0.1, -0.05) is 52.9 Å². The molecule has 0 aliphatic heterocycles. The Hall–Kier alpha value is -0.0800. The molecule has 0 aromatic rings. The second-order valence-corrected chi connectivity index (χ2v) is 5.13. The molecule has 0 saturated carbocycles. The van der Waals surface area contributed by atoms with Crippen LogP contribution in [0.4, 0.5) is 0 Å².